The van der Waals surface area contributed by atoms with Gasteiger partial charge in [0, 0.05) is 18.4 Å². The lowest BCUT2D eigenvalue weighted by atomic mass is 9.96. The first-order valence-electron chi connectivity index (χ1n) is 6.12. The molecule has 0 radical (unpaired) electrons. The van der Waals surface area contributed by atoms with Gasteiger partial charge in [0.05, 0.1) is 6.54 Å². The van der Waals surface area contributed by atoms with Gasteiger partial charge >= 0.3 is 0 Å². The second-order valence-electron chi connectivity index (χ2n) is 4.28. The fraction of sp³-hybridized carbons (Fsp3) is 0.500. The van der Waals surface area contributed by atoms with Crippen molar-refractivity contribution in [3.05, 3.63) is 30.1 Å². The molecule has 0 spiro atoms. The summed E-state index contributed by atoms with van der Waals surface area (Å²) in [7, 11) is 0. The van der Waals surface area contributed by atoms with Crippen LogP contribution in [-0.2, 0) is 0 Å². The van der Waals surface area contributed by atoms with E-state index in [2.05, 4.69) is 27.8 Å². The molecule has 2 rings (SSSR count). The Morgan fingerprint density at radius 1 is 1.41 bits per heavy atom. The van der Waals surface area contributed by atoms with E-state index in [4.69, 9.17) is 5.11 Å². The highest BCUT2D eigenvalue weighted by molar-refractivity contribution is 5.15. The monoisotopic (exact) mass is 230 g/mol. The largest absolute Gasteiger partial charge is 0.384 e. The van der Waals surface area contributed by atoms with Crippen molar-refractivity contribution in [2.45, 2.75) is 25.3 Å². The summed E-state index contributed by atoms with van der Waals surface area (Å²) in [5.74, 6) is 5.73. The summed E-state index contributed by atoms with van der Waals surface area (Å²) in [6.45, 7) is 1.77. The molecule has 0 bridgehead atoms. The van der Waals surface area contributed by atoms with Gasteiger partial charge in [0.15, 0.2) is 0 Å². The van der Waals surface area contributed by atoms with Crippen molar-refractivity contribution in [2.75, 3.05) is 19.7 Å². The smallest absolute Gasteiger partial charge is 0.104 e. The predicted octanol–water partition coefficient (Wildman–Crippen LogP) is 1.60. The third-order valence-electron chi connectivity index (χ3n) is 3.17. The number of nitrogens with zero attached hydrogens (tertiary/aromatic N) is 2. The lowest BCUT2D eigenvalue weighted by Crippen LogP contribution is -2.33. The summed E-state index contributed by atoms with van der Waals surface area (Å²) in [5.41, 5.74) is 1.28. The summed E-state index contributed by atoms with van der Waals surface area (Å²) in [5, 5.41) is 8.68. The van der Waals surface area contributed by atoms with E-state index in [9.17, 15) is 0 Å². The number of hydrogen-bond acceptors (Lipinski definition) is 3. The SMILES string of the molecule is OCC#CCN1CCCC[C@H]1c1cccnc1. The highest BCUT2D eigenvalue weighted by atomic mass is 16.2. The molecule has 3 nitrogen and oxygen atoms in total. The van der Waals surface area contributed by atoms with Crippen LogP contribution in [0.4, 0.5) is 0 Å². The summed E-state index contributed by atoms with van der Waals surface area (Å²) in [4.78, 5) is 6.57. The van der Waals surface area contributed by atoms with E-state index in [1.807, 2.05) is 18.5 Å². The van der Waals surface area contributed by atoms with Crippen LogP contribution in [0.2, 0.25) is 0 Å². The summed E-state index contributed by atoms with van der Waals surface area (Å²) < 4.78 is 0. The van der Waals surface area contributed by atoms with Gasteiger partial charge in [-0.3, -0.25) is 9.88 Å². The molecule has 0 aromatic carbocycles. The first-order chi connectivity index (χ1) is 8.42. The van der Waals surface area contributed by atoms with Gasteiger partial charge in [-0.25, -0.2) is 0 Å². The van der Waals surface area contributed by atoms with E-state index in [0.29, 0.717) is 6.04 Å². The Morgan fingerprint density at radius 3 is 3.12 bits per heavy atom. The lowest BCUT2D eigenvalue weighted by Gasteiger charge is -2.34. The van der Waals surface area contributed by atoms with E-state index >= 15 is 0 Å². The predicted molar refractivity (Wildman–Crippen MR) is 67.3 cm³/mol. The van der Waals surface area contributed by atoms with Gasteiger partial charge in [0.25, 0.3) is 0 Å². The Morgan fingerprint density at radius 2 is 2.35 bits per heavy atom. The van der Waals surface area contributed by atoms with Crippen molar-refractivity contribution in [1.82, 2.24) is 9.88 Å². The standard InChI is InChI=1S/C14H18N2O/c17-11-4-3-10-16-9-2-1-7-14(16)13-6-5-8-15-12-13/h5-6,8,12,14,17H,1-2,7,9-11H2/t14-/m0/s1. The highest BCUT2D eigenvalue weighted by Gasteiger charge is 2.22. The molecule has 1 aromatic rings. The van der Waals surface area contributed by atoms with E-state index in [-0.39, 0.29) is 6.61 Å². The van der Waals surface area contributed by atoms with E-state index in [1.54, 1.807) is 0 Å². The molecule has 1 fully saturated rings. The third-order valence-corrected chi connectivity index (χ3v) is 3.17. The number of hydrogen-bond donors (Lipinski definition) is 1. The van der Waals surface area contributed by atoms with Crippen LogP contribution >= 0.6 is 0 Å². The van der Waals surface area contributed by atoms with Crippen molar-refractivity contribution < 1.29 is 5.11 Å². The average molecular weight is 230 g/mol. The van der Waals surface area contributed by atoms with Gasteiger partial charge < -0.3 is 5.11 Å². The molecule has 1 N–H and O–H groups in total. The van der Waals surface area contributed by atoms with Crippen LogP contribution < -0.4 is 0 Å². The first-order valence-corrected chi connectivity index (χ1v) is 6.12. The molecule has 1 aliphatic heterocycles. The Kier molecular flexibility index (Phi) is 4.54. The van der Waals surface area contributed by atoms with Crippen molar-refractivity contribution in [3.63, 3.8) is 0 Å². The minimum atomic E-state index is -0.0502. The van der Waals surface area contributed by atoms with E-state index in [1.165, 1.54) is 24.8 Å². The molecule has 1 atom stereocenters. The Balaban J connectivity index is 2.07. The van der Waals surface area contributed by atoms with Crippen molar-refractivity contribution in [2.24, 2.45) is 0 Å². The van der Waals surface area contributed by atoms with Crippen molar-refractivity contribution >= 4 is 0 Å². The zero-order valence-electron chi connectivity index (χ0n) is 9.97. The number of aliphatic hydroxyl groups excluding tert-OH is 1. The van der Waals surface area contributed by atoms with Crippen LogP contribution in [0.25, 0.3) is 0 Å². The maximum absolute atomic E-state index is 8.68. The molecule has 1 saturated heterocycles. The molecule has 0 amide bonds. The molecule has 3 heteroatoms. The number of likely N-dealkylation sites (tertiary alicyclic amines) is 1. The number of piperidine rings is 1. The quantitative estimate of drug-likeness (QED) is 0.784. The maximum Gasteiger partial charge on any atom is 0.104 e. The van der Waals surface area contributed by atoms with Gasteiger partial charge in [-0.05, 0) is 31.0 Å². The van der Waals surface area contributed by atoms with Crippen LogP contribution in [0.5, 0.6) is 0 Å². The molecular formula is C14H18N2O. The Hall–Kier alpha value is -1.37. The molecule has 90 valence electrons. The van der Waals surface area contributed by atoms with Gasteiger partial charge in [-0.1, -0.05) is 24.3 Å². The molecular weight excluding hydrogens is 212 g/mol. The molecule has 0 saturated carbocycles. The molecule has 1 aromatic heterocycles. The van der Waals surface area contributed by atoms with E-state index < -0.39 is 0 Å². The second-order valence-corrected chi connectivity index (χ2v) is 4.28. The van der Waals surface area contributed by atoms with Crippen LogP contribution in [0.3, 0.4) is 0 Å². The first kappa shape index (κ1) is 12.1. The van der Waals surface area contributed by atoms with Gasteiger partial charge in [-0.15, -0.1) is 0 Å². The third kappa shape index (κ3) is 3.29. The topological polar surface area (TPSA) is 36.4 Å². The summed E-state index contributed by atoms with van der Waals surface area (Å²) in [6, 6.07) is 4.56. The lowest BCUT2D eigenvalue weighted by molar-refractivity contribution is 0.168. The molecule has 0 unspecified atom stereocenters. The highest BCUT2D eigenvalue weighted by Crippen LogP contribution is 2.29. The Bertz CT molecular complexity index is 394. The number of pyridine rings is 1. The normalized spacial score (nSPS) is 20.6. The number of rotatable bonds is 2. The van der Waals surface area contributed by atoms with E-state index in [0.717, 1.165) is 13.1 Å². The zero-order valence-corrected chi connectivity index (χ0v) is 9.97. The molecule has 0 aliphatic carbocycles. The Labute approximate surface area is 102 Å². The van der Waals surface area contributed by atoms with Crippen LogP contribution in [0.1, 0.15) is 30.9 Å². The average Bonchev–Trinajstić information content (AvgIpc) is 2.41. The minimum Gasteiger partial charge on any atom is -0.384 e. The van der Waals surface area contributed by atoms with Crippen LogP contribution in [0, 0.1) is 11.8 Å². The summed E-state index contributed by atoms with van der Waals surface area (Å²) in [6.07, 6.45) is 7.43. The van der Waals surface area contributed by atoms with Gasteiger partial charge in [-0.2, -0.15) is 0 Å². The fourth-order valence-electron chi connectivity index (χ4n) is 2.34. The van der Waals surface area contributed by atoms with Crippen LogP contribution in [0.15, 0.2) is 24.5 Å². The summed E-state index contributed by atoms with van der Waals surface area (Å²) >= 11 is 0. The van der Waals surface area contributed by atoms with Gasteiger partial charge in [0.2, 0.25) is 0 Å². The molecule has 17 heavy (non-hydrogen) atoms. The maximum atomic E-state index is 8.68. The number of aliphatic hydroxyl groups is 1. The van der Waals surface area contributed by atoms with Crippen molar-refractivity contribution in [3.8, 4) is 11.8 Å². The van der Waals surface area contributed by atoms with Crippen LogP contribution in [-0.4, -0.2) is 34.7 Å². The van der Waals surface area contributed by atoms with Crippen molar-refractivity contribution in [1.29, 1.82) is 0 Å². The minimum absolute atomic E-state index is 0.0502. The fourth-order valence-corrected chi connectivity index (χ4v) is 2.34. The second kappa shape index (κ2) is 6.39. The van der Waals surface area contributed by atoms with Gasteiger partial charge in [0.1, 0.15) is 6.61 Å². The zero-order chi connectivity index (χ0) is 11.9. The number of aromatic nitrogens is 1. The molecule has 1 aliphatic rings. The molecule has 2 heterocycles.